The van der Waals surface area contributed by atoms with Crippen LogP contribution in [0.3, 0.4) is 0 Å². The number of aromatic nitrogens is 5. The number of imidazole rings is 1. The van der Waals surface area contributed by atoms with E-state index in [9.17, 15) is 9.90 Å². The van der Waals surface area contributed by atoms with Crippen LogP contribution >= 0.6 is 0 Å². The van der Waals surface area contributed by atoms with Gasteiger partial charge < -0.3 is 20.3 Å². The highest BCUT2D eigenvalue weighted by Crippen LogP contribution is 2.23. The summed E-state index contributed by atoms with van der Waals surface area (Å²) in [7, 11) is 0. The molecule has 0 unspecified atom stereocenters. The van der Waals surface area contributed by atoms with Gasteiger partial charge in [0.1, 0.15) is 17.4 Å². The highest BCUT2D eigenvalue weighted by Gasteiger charge is 2.13. The van der Waals surface area contributed by atoms with Gasteiger partial charge in [-0.2, -0.15) is 4.98 Å². The standard InChI is InChI=1S/C21H21N7O3/c1-13(29)12-24-21-23-8-7-18(26-21)28-10-9-22-19(28)15-3-5-16(6-4-15)25-20(30)17-11-14(2)31-27-17/h3-11,13,29H,12H2,1-2H3,(H,25,30)(H,23,24,26)/t13-/m0/s1. The summed E-state index contributed by atoms with van der Waals surface area (Å²) in [5.41, 5.74) is 1.69. The molecule has 4 aromatic rings. The summed E-state index contributed by atoms with van der Waals surface area (Å²) in [6, 6.07) is 10.6. The van der Waals surface area contributed by atoms with Crippen molar-refractivity contribution in [2.45, 2.75) is 20.0 Å². The maximum absolute atomic E-state index is 12.2. The molecule has 31 heavy (non-hydrogen) atoms. The fourth-order valence-electron chi connectivity index (χ4n) is 2.88. The van der Waals surface area contributed by atoms with E-state index in [1.54, 1.807) is 56.7 Å². The number of rotatable bonds is 7. The van der Waals surface area contributed by atoms with Gasteiger partial charge in [-0.25, -0.2) is 9.97 Å². The first kappa shape index (κ1) is 20.2. The van der Waals surface area contributed by atoms with Crippen LogP contribution in [0.25, 0.3) is 17.2 Å². The maximum Gasteiger partial charge on any atom is 0.277 e. The number of anilines is 2. The first-order valence-electron chi connectivity index (χ1n) is 9.63. The molecule has 0 aliphatic heterocycles. The number of benzene rings is 1. The van der Waals surface area contributed by atoms with Gasteiger partial charge in [0.15, 0.2) is 5.69 Å². The number of hydrogen-bond acceptors (Lipinski definition) is 8. The van der Waals surface area contributed by atoms with Crippen LogP contribution in [0.2, 0.25) is 0 Å². The van der Waals surface area contributed by atoms with Crippen molar-refractivity contribution in [3.8, 4) is 17.2 Å². The summed E-state index contributed by atoms with van der Waals surface area (Å²) >= 11 is 0. The summed E-state index contributed by atoms with van der Waals surface area (Å²) in [6.07, 6.45) is 4.62. The molecule has 0 saturated carbocycles. The van der Waals surface area contributed by atoms with E-state index in [2.05, 4.69) is 30.7 Å². The third-order valence-electron chi connectivity index (χ3n) is 4.35. The molecule has 3 aromatic heterocycles. The van der Waals surface area contributed by atoms with Crippen molar-refractivity contribution >= 4 is 17.5 Å². The topological polar surface area (TPSA) is 131 Å². The number of aliphatic hydroxyl groups is 1. The molecular weight excluding hydrogens is 398 g/mol. The van der Waals surface area contributed by atoms with E-state index in [4.69, 9.17) is 4.52 Å². The monoisotopic (exact) mass is 419 g/mol. The lowest BCUT2D eigenvalue weighted by molar-refractivity contribution is 0.101. The second-order valence-electron chi connectivity index (χ2n) is 6.94. The molecule has 0 fully saturated rings. The Morgan fingerprint density at radius 3 is 2.71 bits per heavy atom. The zero-order valence-corrected chi connectivity index (χ0v) is 17.0. The number of aliphatic hydroxyl groups excluding tert-OH is 1. The fraction of sp³-hybridized carbons (Fsp3) is 0.190. The van der Waals surface area contributed by atoms with E-state index in [1.807, 2.05) is 16.7 Å². The van der Waals surface area contributed by atoms with E-state index < -0.39 is 6.10 Å². The molecule has 0 aliphatic rings. The largest absolute Gasteiger partial charge is 0.392 e. The number of hydrogen-bond donors (Lipinski definition) is 3. The lowest BCUT2D eigenvalue weighted by atomic mass is 10.2. The molecule has 1 amide bonds. The Morgan fingerprint density at radius 1 is 1.19 bits per heavy atom. The highest BCUT2D eigenvalue weighted by atomic mass is 16.5. The Kier molecular flexibility index (Phi) is 5.72. The van der Waals surface area contributed by atoms with Crippen molar-refractivity contribution in [3.63, 3.8) is 0 Å². The van der Waals surface area contributed by atoms with Crippen LogP contribution in [-0.2, 0) is 0 Å². The number of carbonyl (C=O) groups excluding carboxylic acids is 1. The molecule has 0 bridgehead atoms. The predicted octanol–water partition coefficient (Wildman–Crippen LogP) is 2.67. The first-order chi connectivity index (χ1) is 15.0. The van der Waals surface area contributed by atoms with Crippen LogP contribution in [0.5, 0.6) is 0 Å². The van der Waals surface area contributed by atoms with E-state index in [0.29, 0.717) is 35.6 Å². The zero-order chi connectivity index (χ0) is 21.8. The number of aryl methyl sites for hydroxylation is 1. The lowest BCUT2D eigenvalue weighted by Crippen LogP contribution is -2.17. The Labute approximate surface area is 178 Å². The molecule has 0 aliphatic carbocycles. The molecular formula is C21H21N7O3. The molecule has 0 radical (unpaired) electrons. The maximum atomic E-state index is 12.2. The van der Waals surface area contributed by atoms with Crippen LogP contribution in [0.1, 0.15) is 23.2 Å². The number of amides is 1. The summed E-state index contributed by atoms with van der Waals surface area (Å²) in [6.45, 7) is 3.76. The highest BCUT2D eigenvalue weighted by molar-refractivity contribution is 6.02. The third kappa shape index (κ3) is 4.75. The lowest BCUT2D eigenvalue weighted by Gasteiger charge is -2.11. The van der Waals surface area contributed by atoms with Gasteiger partial charge >= 0.3 is 0 Å². The Hall–Kier alpha value is -4.05. The van der Waals surface area contributed by atoms with Crippen molar-refractivity contribution in [1.82, 2.24) is 24.7 Å². The molecule has 4 rings (SSSR count). The van der Waals surface area contributed by atoms with Gasteiger partial charge in [0.2, 0.25) is 5.95 Å². The Morgan fingerprint density at radius 2 is 2.00 bits per heavy atom. The quantitative estimate of drug-likeness (QED) is 0.417. The van der Waals surface area contributed by atoms with E-state index >= 15 is 0 Å². The van der Waals surface area contributed by atoms with Crippen LogP contribution in [-0.4, -0.2) is 48.3 Å². The number of nitrogens with zero attached hydrogens (tertiary/aromatic N) is 5. The van der Waals surface area contributed by atoms with Crippen LogP contribution < -0.4 is 10.6 Å². The summed E-state index contributed by atoms with van der Waals surface area (Å²) in [5, 5.41) is 18.9. The van der Waals surface area contributed by atoms with E-state index in [1.165, 1.54) is 0 Å². The second-order valence-corrected chi connectivity index (χ2v) is 6.94. The molecule has 1 atom stereocenters. The van der Waals surface area contributed by atoms with Gasteiger partial charge in [-0.3, -0.25) is 9.36 Å². The molecule has 0 spiro atoms. The van der Waals surface area contributed by atoms with Crippen molar-refractivity contribution in [2.24, 2.45) is 0 Å². The number of nitrogens with one attached hydrogen (secondary N) is 2. The molecule has 10 nitrogen and oxygen atoms in total. The predicted molar refractivity (Wildman–Crippen MR) is 114 cm³/mol. The normalized spacial score (nSPS) is 11.8. The van der Waals surface area contributed by atoms with Gasteiger partial charge in [-0.1, -0.05) is 5.16 Å². The van der Waals surface area contributed by atoms with Gasteiger partial charge in [-0.15, -0.1) is 0 Å². The van der Waals surface area contributed by atoms with Crippen molar-refractivity contribution < 1.29 is 14.4 Å². The molecule has 158 valence electrons. The summed E-state index contributed by atoms with van der Waals surface area (Å²) in [5.74, 6) is 1.96. The third-order valence-corrected chi connectivity index (χ3v) is 4.35. The van der Waals surface area contributed by atoms with Gasteiger partial charge in [-0.05, 0) is 44.2 Å². The zero-order valence-electron chi connectivity index (χ0n) is 17.0. The van der Waals surface area contributed by atoms with Crippen molar-refractivity contribution in [3.05, 3.63) is 66.4 Å². The van der Waals surface area contributed by atoms with E-state index in [-0.39, 0.29) is 11.6 Å². The molecule has 3 N–H and O–H groups in total. The first-order valence-corrected chi connectivity index (χ1v) is 9.63. The summed E-state index contributed by atoms with van der Waals surface area (Å²) < 4.78 is 6.77. The van der Waals surface area contributed by atoms with E-state index in [0.717, 1.165) is 5.56 Å². The average Bonchev–Trinajstić information content (AvgIpc) is 3.42. The Balaban J connectivity index is 1.52. The van der Waals surface area contributed by atoms with Gasteiger partial charge in [0, 0.05) is 42.5 Å². The molecule has 10 heteroatoms. The van der Waals surface area contributed by atoms with Gasteiger partial charge in [0.05, 0.1) is 6.10 Å². The molecule has 1 aromatic carbocycles. The van der Waals surface area contributed by atoms with Crippen LogP contribution in [0.4, 0.5) is 11.6 Å². The Bertz CT molecular complexity index is 1180. The average molecular weight is 419 g/mol. The second kappa shape index (κ2) is 8.76. The minimum atomic E-state index is -0.511. The minimum Gasteiger partial charge on any atom is -0.392 e. The summed E-state index contributed by atoms with van der Waals surface area (Å²) in [4.78, 5) is 25.3. The van der Waals surface area contributed by atoms with Gasteiger partial charge in [0.25, 0.3) is 5.91 Å². The molecule has 3 heterocycles. The fourth-order valence-corrected chi connectivity index (χ4v) is 2.88. The van der Waals surface area contributed by atoms with Crippen molar-refractivity contribution in [1.29, 1.82) is 0 Å². The smallest absolute Gasteiger partial charge is 0.277 e. The van der Waals surface area contributed by atoms with Crippen LogP contribution in [0.15, 0.2) is 59.5 Å². The number of carbonyl (C=O) groups is 1. The van der Waals surface area contributed by atoms with Crippen LogP contribution in [0, 0.1) is 6.92 Å². The minimum absolute atomic E-state index is 0.223. The van der Waals surface area contributed by atoms with Crippen molar-refractivity contribution in [2.75, 3.05) is 17.2 Å². The molecule has 0 saturated heterocycles. The SMILES string of the molecule is Cc1cc(C(=O)Nc2ccc(-c3nccn3-c3ccnc(NC[C@H](C)O)n3)cc2)no1.